The molecule has 0 saturated heterocycles. The van der Waals surface area contributed by atoms with Crippen LogP contribution in [0.4, 0.5) is 5.69 Å². The lowest BCUT2D eigenvalue weighted by atomic mass is 10.1. The number of rotatable bonds is 5. The largest absolute Gasteiger partial charge is 0.457 e. The third-order valence-electron chi connectivity index (χ3n) is 4.24. The number of fused-ring (bicyclic) bond motifs is 1. The lowest BCUT2D eigenvalue weighted by Gasteiger charge is -2.11. The van der Waals surface area contributed by atoms with E-state index in [2.05, 4.69) is 5.32 Å². The molecule has 4 rings (SSSR count). The van der Waals surface area contributed by atoms with Gasteiger partial charge in [0.1, 0.15) is 6.61 Å². The van der Waals surface area contributed by atoms with Crippen molar-refractivity contribution in [2.75, 3.05) is 12.1 Å². The summed E-state index contributed by atoms with van der Waals surface area (Å²) < 4.78 is 16.0. The summed E-state index contributed by atoms with van der Waals surface area (Å²) in [6.45, 7) is 0.267. The Hall–Kier alpha value is -3.80. The fourth-order valence-corrected chi connectivity index (χ4v) is 2.81. The topological polar surface area (TPSA) is 73.9 Å². The highest BCUT2D eigenvalue weighted by molar-refractivity contribution is 6.07. The van der Waals surface area contributed by atoms with E-state index in [-0.39, 0.29) is 24.9 Å². The first-order valence-corrected chi connectivity index (χ1v) is 8.72. The zero-order valence-corrected chi connectivity index (χ0v) is 14.9. The van der Waals surface area contributed by atoms with Gasteiger partial charge >= 0.3 is 5.97 Å². The van der Waals surface area contributed by atoms with Crippen LogP contribution in [-0.2, 0) is 11.3 Å². The summed E-state index contributed by atoms with van der Waals surface area (Å²) >= 11 is 0. The van der Waals surface area contributed by atoms with Crippen molar-refractivity contribution in [3.8, 4) is 11.5 Å². The SMILES string of the molecule is O=C(Nc1ccccc1C(=O)OCc1ccc2c(c1)OCO2)c1ccccc1. The van der Waals surface area contributed by atoms with Crippen molar-refractivity contribution in [3.05, 3.63) is 89.5 Å². The number of hydrogen-bond acceptors (Lipinski definition) is 5. The predicted octanol–water partition coefficient (Wildman–Crippen LogP) is 4.02. The molecule has 0 spiro atoms. The second-order valence-corrected chi connectivity index (χ2v) is 6.13. The summed E-state index contributed by atoms with van der Waals surface area (Å²) in [6, 6.07) is 20.9. The molecule has 0 unspecified atom stereocenters. The molecule has 1 amide bonds. The second kappa shape index (κ2) is 7.84. The van der Waals surface area contributed by atoms with E-state index < -0.39 is 5.97 Å². The third kappa shape index (κ3) is 3.81. The fourth-order valence-electron chi connectivity index (χ4n) is 2.81. The van der Waals surface area contributed by atoms with E-state index in [0.29, 0.717) is 22.7 Å². The standard InChI is InChI=1S/C22H17NO5/c24-21(16-6-2-1-3-7-16)23-18-9-5-4-8-17(18)22(25)26-13-15-10-11-19-20(12-15)28-14-27-19/h1-12H,13-14H2,(H,23,24). The van der Waals surface area contributed by atoms with Crippen molar-refractivity contribution in [2.45, 2.75) is 6.61 Å². The smallest absolute Gasteiger partial charge is 0.340 e. The zero-order chi connectivity index (χ0) is 19.3. The van der Waals surface area contributed by atoms with Gasteiger partial charge in [-0.15, -0.1) is 0 Å². The maximum Gasteiger partial charge on any atom is 0.340 e. The summed E-state index contributed by atoms with van der Waals surface area (Å²) in [4.78, 5) is 24.9. The molecule has 0 atom stereocenters. The Morgan fingerprint density at radius 1 is 0.893 bits per heavy atom. The highest BCUT2D eigenvalue weighted by Gasteiger charge is 2.17. The lowest BCUT2D eigenvalue weighted by molar-refractivity contribution is 0.0473. The van der Waals surface area contributed by atoms with E-state index in [1.807, 2.05) is 12.1 Å². The normalized spacial score (nSPS) is 11.7. The van der Waals surface area contributed by atoms with Crippen LogP contribution in [0.3, 0.4) is 0 Å². The van der Waals surface area contributed by atoms with Gasteiger partial charge in [0.2, 0.25) is 6.79 Å². The number of anilines is 1. The van der Waals surface area contributed by atoms with Crippen LogP contribution in [0.5, 0.6) is 11.5 Å². The van der Waals surface area contributed by atoms with E-state index in [9.17, 15) is 9.59 Å². The molecule has 1 aliphatic rings. The number of para-hydroxylation sites is 1. The maximum absolute atomic E-state index is 12.6. The van der Waals surface area contributed by atoms with Crippen LogP contribution in [-0.4, -0.2) is 18.7 Å². The first-order valence-electron chi connectivity index (χ1n) is 8.72. The molecule has 140 valence electrons. The van der Waals surface area contributed by atoms with Crippen molar-refractivity contribution in [1.82, 2.24) is 0 Å². The maximum atomic E-state index is 12.6. The van der Waals surface area contributed by atoms with E-state index in [1.54, 1.807) is 60.7 Å². The van der Waals surface area contributed by atoms with Gasteiger partial charge in [0.25, 0.3) is 5.91 Å². The van der Waals surface area contributed by atoms with Gasteiger partial charge in [-0.3, -0.25) is 4.79 Å². The van der Waals surface area contributed by atoms with E-state index in [0.717, 1.165) is 5.56 Å². The van der Waals surface area contributed by atoms with Crippen LogP contribution >= 0.6 is 0 Å². The third-order valence-corrected chi connectivity index (χ3v) is 4.24. The molecule has 1 aliphatic heterocycles. The summed E-state index contributed by atoms with van der Waals surface area (Å²) in [5, 5.41) is 2.76. The Labute approximate surface area is 161 Å². The first-order chi connectivity index (χ1) is 13.7. The molecule has 0 aliphatic carbocycles. The number of amides is 1. The predicted molar refractivity (Wildman–Crippen MR) is 103 cm³/mol. The van der Waals surface area contributed by atoms with Crippen molar-refractivity contribution in [3.63, 3.8) is 0 Å². The van der Waals surface area contributed by atoms with Crippen LogP contribution in [0.15, 0.2) is 72.8 Å². The minimum absolute atomic E-state index is 0.0798. The van der Waals surface area contributed by atoms with Gasteiger partial charge in [0.05, 0.1) is 11.3 Å². The van der Waals surface area contributed by atoms with Gasteiger partial charge in [-0.1, -0.05) is 36.4 Å². The van der Waals surface area contributed by atoms with E-state index in [4.69, 9.17) is 14.2 Å². The number of ether oxygens (including phenoxy) is 3. The van der Waals surface area contributed by atoms with Crippen LogP contribution in [0, 0.1) is 0 Å². The number of nitrogens with one attached hydrogen (secondary N) is 1. The molecule has 0 saturated carbocycles. The number of carbonyl (C=O) groups is 2. The summed E-state index contributed by atoms with van der Waals surface area (Å²) in [5.41, 5.74) is 1.97. The van der Waals surface area contributed by atoms with Crippen molar-refractivity contribution >= 4 is 17.6 Å². The minimum atomic E-state index is -0.526. The Balaban J connectivity index is 1.45. The molecule has 0 bridgehead atoms. The Bertz CT molecular complexity index is 1020. The first kappa shape index (κ1) is 17.6. The number of carbonyl (C=O) groups excluding carboxylic acids is 2. The Morgan fingerprint density at radius 2 is 1.64 bits per heavy atom. The average molecular weight is 375 g/mol. The van der Waals surface area contributed by atoms with Gasteiger partial charge in [-0.25, -0.2) is 4.79 Å². The molecular formula is C22H17NO5. The molecule has 1 heterocycles. The Morgan fingerprint density at radius 3 is 2.50 bits per heavy atom. The molecule has 0 aromatic heterocycles. The fraction of sp³-hybridized carbons (Fsp3) is 0.0909. The van der Waals surface area contributed by atoms with Crippen molar-refractivity contribution in [2.24, 2.45) is 0 Å². The van der Waals surface area contributed by atoms with Crippen LogP contribution in [0.25, 0.3) is 0 Å². The average Bonchev–Trinajstić information content (AvgIpc) is 3.21. The molecule has 0 radical (unpaired) electrons. The monoisotopic (exact) mass is 375 g/mol. The minimum Gasteiger partial charge on any atom is -0.457 e. The summed E-state index contributed by atoms with van der Waals surface area (Å²) in [7, 11) is 0. The van der Waals surface area contributed by atoms with E-state index >= 15 is 0 Å². The number of hydrogen-bond donors (Lipinski definition) is 1. The van der Waals surface area contributed by atoms with Gasteiger partial charge in [0.15, 0.2) is 11.5 Å². The summed E-state index contributed by atoms with van der Waals surface area (Å²) in [6.07, 6.45) is 0. The molecule has 28 heavy (non-hydrogen) atoms. The van der Waals surface area contributed by atoms with E-state index in [1.165, 1.54) is 0 Å². The van der Waals surface area contributed by atoms with Crippen LogP contribution in [0.2, 0.25) is 0 Å². The van der Waals surface area contributed by atoms with Crippen LogP contribution in [0.1, 0.15) is 26.3 Å². The zero-order valence-electron chi connectivity index (χ0n) is 14.9. The molecule has 3 aromatic rings. The molecule has 6 nitrogen and oxygen atoms in total. The second-order valence-electron chi connectivity index (χ2n) is 6.13. The molecule has 1 N–H and O–H groups in total. The van der Waals surface area contributed by atoms with Crippen molar-refractivity contribution < 1.29 is 23.8 Å². The lowest BCUT2D eigenvalue weighted by Crippen LogP contribution is -2.15. The molecule has 3 aromatic carbocycles. The quantitative estimate of drug-likeness (QED) is 0.682. The highest BCUT2D eigenvalue weighted by Crippen LogP contribution is 2.32. The summed E-state index contributed by atoms with van der Waals surface area (Å²) in [5.74, 6) is 0.478. The van der Waals surface area contributed by atoms with Gasteiger partial charge in [0, 0.05) is 5.56 Å². The number of esters is 1. The van der Waals surface area contributed by atoms with Crippen LogP contribution < -0.4 is 14.8 Å². The molecular weight excluding hydrogens is 358 g/mol. The van der Waals surface area contributed by atoms with Crippen molar-refractivity contribution in [1.29, 1.82) is 0 Å². The molecule has 6 heteroatoms. The highest BCUT2D eigenvalue weighted by atomic mass is 16.7. The Kier molecular flexibility index (Phi) is 4.93. The molecule has 0 fully saturated rings. The van der Waals surface area contributed by atoms with Gasteiger partial charge in [-0.05, 0) is 42.0 Å². The number of benzene rings is 3. The van der Waals surface area contributed by atoms with Gasteiger partial charge < -0.3 is 19.5 Å². The van der Waals surface area contributed by atoms with Gasteiger partial charge in [-0.2, -0.15) is 0 Å².